The Hall–Kier alpha value is -1.84. The van der Waals surface area contributed by atoms with Crippen molar-refractivity contribution in [1.29, 1.82) is 0 Å². The molecule has 1 aliphatic rings. The predicted octanol–water partition coefficient (Wildman–Crippen LogP) is 4.26. The lowest BCUT2D eigenvalue weighted by atomic mass is 9.98. The summed E-state index contributed by atoms with van der Waals surface area (Å²) in [4.78, 5) is 12.3. The van der Waals surface area contributed by atoms with Crippen molar-refractivity contribution in [2.24, 2.45) is 0 Å². The Morgan fingerprint density at radius 3 is 2.39 bits per heavy atom. The second kappa shape index (κ2) is 7.62. The zero-order chi connectivity index (χ0) is 16.1. The molecule has 0 aliphatic carbocycles. The summed E-state index contributed by atoms with van der Waals surface area (Å²) in [6.45, 7) is 0.252. The van der Waals surface area contributed by atoms with Crippen LogP contribution < -0.4 is 0 Å². The number of hydrogen-bond acceptors (Lipinski definition) is 3. The highest BCUT2D eigenvalue weighted by Crippen LogP contribution is 2.34. The fraction of sp³-hybridized carbons (Fsp3) is 0.316. The molecule has 0 amide bonds. The van der Waals surface area contributed by atoms with Gasteiger partial charge in [0.2, 0.25) is 0 Å². The molecule has 1 fully saturated rings. The van der Waals surface area contributed by atoms with E-state index >= 15 is 0 Å². The summed E-state index contributed by atoms with van der Waals surface area (Å²) in [6, 6.07) is 19.5. The smallest absolute Gasteiger partial charge is 0.335 e. The normalized spacial score (nSPS) is 24.1. The van der Waals surface area contributed by atoms with Gasteiger partial charge >= 0.3 is 5.97 Å². The number of ether oxygens (including phenoxy) is 2. The molecule has 2 aromatic carbocycles. The monoisotopic (exact) mass is 330 g/mol. The minimum atomic E-state index is -0.611. The largest absolute Gasteiger partial charge is 0.459 e. The van der Waals surface area contributed by atoms with Gasteiger partial charge in [-0.15, -0.1) is 11.6 Å². The first-order valence-corrected chi connectivity index (χ1v) is 8.21. The van der Waals surface area contributed by atoms with Crippen molar-refractivity contribution in [3.8, 4) is 0 Å². The van der Waals surface area contributed by atoms with Crippen LogP contribution in [0.2, 0.25) is 0 Å². The van der Waals surface area contributed by atoms with E-state index in [1.54, 1.807) is 0 Å². The number of hydrogen-bond donors (Lipinski definition) is 0. The second-order valence-corrected chi connectivity index (χ2v) is 6.30. The van der Waals surface area contributed by atoms with Crippen LogP contribution in [-0.2, 0) is 20.9 Å². The Morgan fingerprint density at radius 2 is 1.70 bits per heavy atom. The van der Waals surface area contributed by atoms with Crippen LogP contribution in [0.3, 0.4) is 0 Å². The average Bonchev–Trinajstić information content (AvgIpc) is 2.61. The molecule has 3 rings (SSSR count). The highest BCUT2D eigenvalue weighted by molar-refractivity contribution is 6.20. The van der Waals surface area contributed by atoms with Gasteiger partial charge in [0, 0.05) is 11.8 Å². The van der Waals surface area contributed by atoms with E-state index in [4.69, 9.17) is 21.1 Å². The van der Waals surface area contributed by atoms with Crippen molar-refractivity contribution in [3.05, 3.63) is 71.8 Å². The van der Waals surface area contributed by atoms with Gasteiger partial charge in [0.05, 0.1) is 6.10 Å². The van der Waals surface area contributed by atoms with Crippen LogP contribution in [-0.4, -0.2) is 17.5 Å². The topological polar surface area (TPSA) is 35.5 Å². The Kier molecular flexibility index (Phi) is 5.31. The van der Waals surface area contributed by atoms with Gasteiger partial charge in [-0.3, -0.25) is 0 Å². The van der Waals surface area contributed by atoms with Crippen LogP contribution in [0.1, 0.15) is 30.1 Å². The molecule has 0 N–H and O–H groups in total. The van der Waals surface area contributed by atoms with Gasteiger partial charge in [0.15, 0.2) is 6.10 Å². The van der Waals surface area contributed by atoms with E-state index < -0.39 is 6.10 Å². The molecule has 1 saturated heterocycles. The van der Waals surface area contributed by atoms with E-state index in [1.807, 2.05) is 60.7 Å². The van der Waals surface area contributed by atoms with Crippen molar-refractivity contribution in [1.82, 2.24) is 0 Å². The molecule has 4 heteroatoms. The number of carbonyl (C=O) groups excluding carboxylic acids is 1. The number of halogens is 1. The molecule has 2 aromatic rings. The summed E-state index contributed by atoms with van der Waals surface area (Å²) in [5, 5.41) is -0.0942. The molecule has 0 bridgehead atoms. The van der Waals surface area contributed by atoms with Gasteiger partial charge in [-0.1, -0.05) is 60.7 Å². The van der Waals surface area contributed by atoms with Gasteiger partial charge in [-0.25, -0.2) is 4.79 Å². The van der Waals surface area contributed by atoms with Crippen molar-refractivity contribution >= 4 is 17.6 Å². The Balaban J connectivity index is 1.61. The minimum Gasteiger partial charge on any atom is -0.459 e. The Labute approximate surface area is 141 Å². The first kappa shape index (κ1) is 16.0. The van der Waals surface area contributed by atoms with E-state index in [0.717, 1.165) is 11.1 Å². The molecule has 0 aromatic heterocycles. The molecule has 0 radical (unpaired) electrons. The van der Waals surface area contributed by atoms with Crippen LogP contribution in [0.5, 0.6) is 0 Å². The minimum absolute atomic E-state index is 0.0942. The van der Waals surface area contributed by atoms with E-state index in [2.05, 4.69) is 0 Å². The van der Waals surface area contributed by atoms with Crippen molar-refractivity contribution < 1.29 is 14.3 Å². The van der Waals surface area contributed by atoms with Crippen LogP contribution in [0, 0.1) is 0 Å². The quantitative estimate of drug-likeness (QED) is 0.620. The van der Waals surface area contributed by atoms with E-state index in [0.29, 0.717) is 12.8 Å². The molecule has 3 atom stereocenters. The zero-order valence-electron chi connectivity index (χ0n) is 12.7. The summed E-state index contributed by atoms with van der Waals surface area (Å²) >= 11 is 6.33. The zero-order valence-corrected chi connectivity index (χ0v) is 13.5. The van der Waals surface area contributed by atoms with Gasteiger partial charge < -0.3 is 9.47 Å². The summed E-state index contributed by atoms with van der Waals surface area (Å²) in [6.07, 6.45) is 0.411. The number of esters is 1. The second-order valence-electron chi connectivity index (χ2n) is 5.69. The molecule has 0 unspecified atom stereocenters. The third-order valence-electron chi connectivity index (χ3n) is 3.93. The van der Waals surface area contributed by atoms with Gasteiger partial charge in [-0.05, 0) is 17.5 Å². The average molecular weight is 331 g/mol. The lowest BCUT2D eigenvalue weighted by Gasteiger charge is -2.31. The van der Waals surface area contributed by atoms with Gasteiger partial charge in [0.1, 0.15) is 6.61 Å². The first-order valence-electron chi connectivity index (χ1n) is 7.77. The summed E-state index contributed by atoms with van der Waals surface area (Å²) in [7, 11) is 0. The summed E-state index contributed by atoms with van der Waals surface area (Å²) in [5.41, 5.74) is 2.00. The van der Waals surface area contributed by atoms with E-state index in [9.17, 15) is 4.79 Å². The number of carbonyl (C=O) groups is 1. The van der Waals surface area contributed by atoms with E-state index in [1.165, 1.54) is 0 Å². The molecule has 23 heavy (non-hydrogen) atoms. The molecule has 1 heterocycles. The van der Waals surface area contributed by atoms with Crippen molar-refractivity contribution in [2.45, 2.75) is 37.0 Å². The van der Waals surface area contributed by atoms with Crippen LogP contribution in [0.4, 0.5) is 0 Å². The molecular weight excluding hydrogens is 312 g/mol. The molecule has 120 valence electrons. The molecule has 3 nitrogen and oxygen atoms in total. The summed E-state index contributed by atoms with van der Waals surface area (Å²) < 4.78 is 11.3. The fourth-order valence-corrected chi connectivity index (χ4v) is 3.05. The molecule has 0 spiro atoms. The lowest BCUT2D eigenvalue weighted by molar-refractivity contribution is -0.167. The first-order chi connectivity index (χ1) is 11.2. The standard InChI is InChI=1S/C19H19ClO3/c20-16-11-17(15-9-5-2-6-10-15)23-18(12-16)19(21)22-13-14-7-3-1-4-8-14/h1-10,16-18H,11-13H2/t16-,17-,18+/m0/s1. The third kappa shape index (κ3) is 4.34. The van der Waals surface area contributed by atoms with Crippen LogP contribution in [0.25, 0.3) is 0 Å². The van der Waals surface area contributed by atoms with Crippen LogP contribution >= 0.6 is 11.6 Å². The third-order valence-corrected chi connectivity index (χ3v) is 4.28. The molecule has 1 aliphatic heterocycles. The maximum atomic E-state index is 12.3. The SMILES string of the molecule is O=C(OCc1ccccc1)[C@H]1C[C@@H](Cl)C[C@@H](c2ccccc2)O1. The van der Waals surface area contributed by atoms with E-state index in [-0.39, 0.29) is 24.1 Å². The Morgan fingerprint density at radius 1 is 1.04 bits per heavy atom. The van der Waals surface area contributed by atoms with Crippen LogP contribution in [0.15, 0.2) is 60.7 Å². The summed E-state index contributed by atoms with van der Waals surface area (Å²) in [5.74, 6) is -0.347. The molecule has 0 saturated carbocycles. The lowest BCUT2D eigenvalue weighted by Crippen LogP contribution is -2.35. The highest BCUT2D eigenvalue weighted by atomic mass is 35.5. The number of benzene rings is 2. The van der Waals surface area contributed by atoms with Crippen molar-refractivity contribution in [3.63, 3.8) is 0 Å². The predicted molar refractivity (Wildman–Crippen MR) is 89.2 cm³/mol. The number of rotatable bonds is 4. The maximum absolute atomic E-state index is 12.3. The fourth-order valence-electron chi connectivity index (χ4n) is 2.73. The highest BCUT2D eigenvalue weighted by Gasteiger charge is 2.34. The number of alkyl halides is 1. The van der Waals surface area contributed by atoms with Crippen molar-refractivity contribution in [2.75, 3.05) is 0 Å². The maximum Gasteiger partial charge on any atom is 0.335 e. The molecular formula is C19H19ClO3. The van der Waals surface area contributed by atoms with Gasteiger partial charge in [0.25, 0.3) is 0 Å². The Bertz CT molecular complexity index is 630. The van der Waals surface area contributed by atoms with Gasteiger partial charge in [-0.2, -0.15) is 0 Å².